The number of thiazole rings is 1. The Labute approximate surface area is 207 Å². The van der Waals surface area contributed by atoms with Crippen LogP contribution >= 0.6 is 22.7 Å². The molecule has 0 unspecified atom stereocenters. The van der Waals surface area contributed by atoms with Gasteiger partial charge < -0.3 is 19.3 Å². The van der Waals surface area contributed by atoms with E-state index in [1.807, 2.05) is 23.6 Å². The lowest BCUT2D eigenvalue weighted by Crippen LogP contribution is -2.28. The molecule has 10 heteroatoms. The number of thiophene rings is 1. The molecule has 8 nitrogen and oxygen atoms in total. The molecule has 0 radical (unpaired) electrons. The van der Waals surface area contributed by atoms with Gasteiger partial charge in [0.05, 0.1) is 22.9 Å². The summed E-state index contributed by atoms with van der Waals surface area (Å²) in [6.07, 6.45) is 0. The molecule has 2 aromatic heterocycles. The summed E-state index contributed by atoms with van der Waals surface area (Å²) in [6, 6.07) is 13.2. The molecule has 0 spiro atoms. The highest BCUT2D eigenvalue weighted by Gasteiger charge is 2.48. The van der Waals surface area contributed by atoms with Crippen LogP contribution in [0.2, 0.25) is 0 Å². The van der Waals surface area contributed by atoms with Gasteiger partial charge in [-0.15, -0.1) is 11.3 Å². The third kappa shape index (κ3) is 3.53. The molecule has 2 aromatic carbocycles. The zero-order chi connectivity index (χ0) is 24.1. The number of amides is 1. The van der Waals surface area contributed by atoms with E-state index in [0.29, 0.717) is 46.7 Å². The van der Waals surface area contributed by atoms with E-state index < -0.39 is 17.7 Å². The largest absolute Gasteiger partial charge is 0.507 e. The zero-order valence-electron chi connectivity index (χ0n) is 18.4. The summed E-state index contributed by atoms with van der Waals surface area (Å²) in [5, 5.41) is 13.5. The van der Waals surface area contributed by atoms with Crippen LogP contribution in [0.1, 0.15) is 16.5 Å². The monoisotopic (exact) mass is 506 g/mol. The third-order valence-electron chi connectivity index (χ3n) is 5.86. The van der Waals surface area contributed by atoms with Gasteiger partial charge in [0.25, 0.3) is 5.78 Å². The Bertz CT molecular complexity index is 1510. The second-order valence-corrected chi connectivity index (χ2v) is 9.86. The van der Waals surface area contributed by atoms with E-state index in [2.05, 4.69) is 4.98 Å². The topological polar surface area (TPSA) is 98.2 Å². The molecular weight excluding hydrogens is 488 g/mol. The Kier molecular flexibility index (Phi) is 5.19. The van der Waals surface area contributed by atoms with Crippen molar-refractivity contribution < 1.29 is 28.9 Å². The van der Waals surface area contributed by atoms with Crippen molar-refractivity contribution in [3.8, 4) is 17.2 Å². The van der Waals surface area contributed by atoms with Crippen LogP contribution in [0, 0.1) is 0 Å². The molecule has 2 aliphatic heterocycles. The molecule has 6 rings (SSSR count). The Hall–Kier alpha value is -3.89. The van der Waals surface area contributed by atoms with Gasteiger partial charge in [-0.2, -0.15) is 0 Å². The first-order chi connectivity index (χ1) is 17.0. The standard InChI is InChI=1S/C25H18N2O6S2/c1-31-14-5-6-15-19(12-14)35-25(26-15)27-21(18-3-2-10-34-18)20(23(29)24(27)30)22(28)13-4-7-16-17(11-13)33-9-8-32-16/h2-7,10-12,21,28H,8-9H2,1H3/b22-20+/t21-/m1/s1. The van der Waals surface area contributed by atoms with Crippen molar-refractivity contribution in [2.75, 3.05) is 25.2 Å². The first-order valence-corrected chi connectivity index (χ1v) is 12.4. The minimum atomic E-state index is -0.814. The molecule has 4 aromatic rings. The van der Waals surface area contributed by atoms with Crippen molar-refractivity contribution in [2.45, 2.75) is 6.04 Å². The number of ether oxygens (including phenoxy) is 3. The number of benzene rings is 2. The molecule has 35 heavy (non-hydrogen) atoms. The SMILES string of the molecule is COc1ccc2nc(N3C(=O)C(=O)/C(=C(/O)c4ccc5c(c4)OCCO5)[C@H]3c3cccs3)sc2c1. The quantitative estimate of drug-likeness (QED) is 0.242. The van der Waals surface area contributed by atoms with E-state index in [1.54, 1.807) is 37.4 Å². The lowest BCUT2D eigenvalue weighted by atomic mass is 9.99. The molecule has 176 valence electrons. The fraction of sp³-hybridized carbons (Fsp3) is 0.160. The summed E-state index contributed by atoms with van der Waals surface area (Å²) in [6.45, 7) is 0.828. The van der Waals surface area contributed by atoms with E-state index >= 15 is 0 Å². The third-order valence-corrected chi connectivity index (χ3v) is 7.81. The van der Waals surface area contributed by atoms with Crippen LogP contribution in [0.4, 0.5) is 5.13 Å². The average molecular weight is 507 g/mol. The summed E-state index contributed by atoms with van der Waals surface area (Å²) in [4.78, 5) is 33.4. The number of ketones is 1. The second-order valence-electron chi connectivity index (χ2n) is 7.87. The van der Waals surface area contributed by atoms with Crippen LogP contribution in [0.15, 0.2) is 59.5 Å². The number of rotatable bonds is 4. The molecule has 1 fully saturated rings. The molecular formula is C25H18N2O6S2. The molecule has 1 atom stereocenters. The minimum absolute atomic E-state index is 0.00552. The number of aliphatic hydroxyl groups excluding tert-OH is 1. The molecule has 1 N–H and O–H groups in total. The van der Waals surface area contributed by atoms with E-state index in [4.69, 9.17) is 14.2 Å². The Balaban J connectivity index is 1.50. The highest BCUT2D eigenvalue weighted by Crippen LogP contribution is 2.46. The van der Waals surface area contributed by atoms with Gasteiger partial charge in [0, 0.05) is 10.4 Å². The highest BCUT2D eigenvalue weighted by molar-refractivity contribution is 7.22. The minimum Gasteiger partial charge on any atom is -0.507 e. The first-order valence-electron chi connectivity index (χ1n) is 10.7. The van der Waals surface area contributed by atoms with Gasteiger partial charge in [-0.3, -0.25) is 14.5 Å². The van der Waals surface area contributed by atoms with Crippen molar-refractivity contribution in [1.82, 2.24) is 4.98 Å². The number of hydrogen-bond donors (Lipinski definition) is 1. The molecule has 4 heterocycles. The number of carbonyl (C=O) groups excluding carboxylic acids is 2. The van der Waals surface area contributed by atoms with E-state index in [0.717, 1.165) is 9.58 Å². The molecule has 2 aliphatic rings. The summed E-state index contributed by atoms with van der Waals surface area (Å²) in [7, 11) is 1.58. The number of aliphatic hydroxyl groups is 1. The van der Waals surface area contributed by atoms with E-state index in [-0.39, 0.29) is 11.3 Å². The maximum absolute atomic E-state index is 13.3. The lowest BCUT2D eigenvalue weighted by molar-refractivity contribution is -0.132. The van der Waals surface area contributed by atoms with Crippen molar-refractivity contribution in [3.05, 3.63) is 69.9 Å². The number of aromatic nitrogens is 1. The van der Waals surface area contributed by atoms with Gasteiger partial charge in [0.15, 0.2) is 16.6 Å². The maximum atomic E-state index is 13.3. The Morgan fingerprint density at radius 2 is 1.94 bits per heavy atom. The number of Topliss-reactive ketones (excluding diaryl/α,β-unsaturated/α-hetero) is 1. The van der Waals surface area contributed by atoms with Gasteiger partial charge in [-0.05, 0) is 47.8 Å². The van der Waals surface area contributed by atoms with Crippen LogP contribution < -0.4 is 19.1 Å². The predicted octanol–water partition coefficient (Wildman–Crippen LogP) is 4.76. The average Bonchev–Trinajstić information content (AvgIpc) is 3.61. The molecule has 0 saturated carbocycles. The summed E-state index contributed by atoms with van der Waals surface area (Å²) >= 11 is 2.68. The number of anilines is 1. The fourth-order valence-electron chi connectivity index (χ4n) is 4.21. The summed E-state index contributed by atoms with van der Waals surface area (Å²) < 4.78 is 17.3. The van der Waals surface area contributed by atoms with Crippen LogP contribution in [0.3, 0.4) is 0 Å². The van der Waals surface area contributed by atoms with Gasteiger partial charge in [-0.25, -0.2) is 4.98 Å². The zero-order valence-corrected chi connectivity index (χ0v) is 20.0. The van der Waals surface area contributed by atoms with Crippen LogP contribution in [-0.4, -0.2) is 42.1 Å². The van der Waals surface area contributed by atoms with Gasteiger partial charge >= 0.3 is 5.91 Å². The smallest absolute Gasteiger partial charge is 0.301 e. The number of hydrogen-bond acceptors (Lipinski definition) is 9. The van der Waals surface area contributed by atoms with Crippen LogP contribution in [-0.2, 0) is 9.59 Å². The van der Waals surface area contributed by atoms with Crippen molar-refractivity contribution in [1.29, 1.82) is 0 Å². The molecule has 1 saturated heterocycles. The number of nitrogens with zero attached hydrogens (tertiary/aromatic N) is 2. The summed E-state index contributed by atoms with van der Waals surface area (Å²) in [5.41, 5.74) is 1.05. The number of carbonyl (C=O) groups is 2. The van der Waals surface area contributed by atoms with Gasteiger partial charge in [-0.1, -0.05) is 17.4 Å². The Morgan fingerprint density at radius 3 is 2.71 bits per heavy atom. The number of methoxy groups -OCH3 is 1. The second kappa shape index (κ2) is 8.40. The van der Waals surface area contributed by atoms with Gasteiger partial charge in [0.2, 0.25) is 0 Å². The normalized spacial score (nSPS) is 18.9. The van der Waals surface area contributed by atoms with Crippen molar-refractivity contribution >= 4 is 55.5 Å². The molecule has 1 amide bonds. The van der Waals surface area contributed by atoms with Crippen molar-refractivity contribution in [2.24, 2.45) is 0 Å². The van der Waals surface area contributed by atoms with E-state index in [9.17, 15) is 14.7 Å². The molecule has 0 bridgehead atoms. The highest BCUT2D eigenvalue weighted by atomic mass is 32.1. The Morgan fingerprint density at radius 1 is 1.11 bits per heavy atom. The number of fused-ring (bicyclic) bond motifs is 2. The summed E-state index contributed by atoms with van der Waals surface area (Å²) in [5.74, 6) is -0.0800. The lowest BCUT2D eigenvalue weighted by Gasteiger charge is -2.22. The fourth-order valence-corrected chi connectivity index (χ4v) is 6.06. The van der Waals surface area contributed by atoms with Crippen LogP contribution in [0.25, 0.3) is 16.0 Å². The van der Waals surface area contributed by atoms with E-state index in [1.165, 1.54) is 27.6 Å². The van der Waals surface area contributed by atoms with Crippen molar-refractivity contribution in [3.63, 3.8) is 0 Å². The first kappa shape index (κ1) is 21.6. The maximum Gasteiger partial charge on any atom is 0.301 e. The van der Waals surface area contributed by atoms with Crippen LogP contribution in [0.5, 0.6) is 17.2 Å². The predicted molar refractivity (Wildman–Crippen MR) is 133 cm³/mol. The van der Waals surface area contributed by atoms with Gasteiger partial charge in [0.1, 0.15) is 30.8 Å². The molecule has 0 aliphatic carbocycles.